The Morgan fingerprint density at radius 2 is 1.92 bits per heavy atom. The number of carbonyl (C=O) groups excluding carboxylic acids is 2. The average molecular weight is 351 g/mol. The predicted molar refractivity (Wildman–Crippen MR) is 89.6 cm³/mol. The van der Waals surface area contributed by atoms with Crippen molar-refractivity contribution >= 4 is 29.1 Å². The van der Waals surface area contributed by atoms with Gasteiger partial charge in [0, 0.05) is 17.1 Å². The Morgan fingerprint density at radius 3 is 2.62 bits per heavy atom. The second-order valence-electron chi connectivity index (χ2n) is 5.08. The minimum Gasteiger partial charge on any atom is -0.496 e. The lowest BCUT2D eigenvalue weighted by Crippen LogP contribution is -2.35. The molecule has 0 aromatic heterocycles. The molecular formula is C17H16ClFN2O3. The molecule has 0 spiro atoms. The maximum Gasteiger partial charge on any atom is 0.313 e. The Morgan fingerprint density at radius 1 is 1.17 bits per heavy atom. The van der Waals surface area contributed by atoms with Crippen molar-refractivity contribution in [2.24, 2.45) is 0 Å². The zero-order chi connectivity index (χ0) is 17.7. The molecule has 0 aliphatic heterocycles. The smallest absolute Gasteiger partial charge is 0.313 e. The number of aryl methyl sites for hydroxylation is 1. The second kappa shape index (κ2) is 7.79. The third kappa shape index (κ3) is 4.45. The summed E-state index contributed by atoms with van der Waals surface area (Å²) in [6.07, 6.45) is 0. The number of rotatable bonds is 4. The van der Waals surface area contributed by atoms with Crippen LogP contribution in [0.15, 0.2) is 36.4 Å². The van der Waals surface area contributed by atoms with Crippen molar-refractivity contribution in [1.29, 1.82) is 0 Å². The van der Waals surface area contributed by atoms with E-state index in [2.05, 4.69) is 10.6 Å². The van der Waals surface area contributed by atoms with Gasteiger partial charge in [-0.1, -0.05) is 23.7 Å². The van der Waals surface area contributed by atoms with E-state index in [0.717, 1.165) is 5.56 Å². The van der Waals surface area contributed by atoms with Gasteiger partial charge in [0.15, 0.2) is 0 Å². The third-order valence-corrected chi connectivity index (χ3v) is 3.50. The summed E-state index contributed by atoms with van der Waals surface area (Å²) in [7, 11) is 1.48. The second-order valence-corrected chi connectivity index (χ2v) is 5.51. The van der Waals surface area contributed by atoms with Crippen LogP contribution in [-0.2, 0) is 16.1 Å². The molecule has 0 bridgehead atoms. The number of ether oxygens (including phenoxy) is 1. The molecule has 7 heteroatoms. The Balaban J connectivity index is 1.99. The molecule has 2 rings (SSSR count). The van der Waals surface area contributed by atoms with E-state index in [1.807, 2.05) is 0 Å². The number of benzene rings is 2. The van der Waals surface area contributed by atoms with Crippen LogP contribution in [0.4, 0.5) is 10.1 Å². The van der Waals surface area contributed by atoms with Crippen LogP contribution in [0.3, 0.4) is 0 Å². The lowest BCUT2D eigenvalue weighted by atomic mass is 10.2. The highest BCUT2D eigenvalue weighted by molar-refractivity contribution is 6.39. The molecule has 0 radical (unpaired) electrons. The summed E-state index contributed by atoms with van der Waals surface area (Å²) >= 11 is 5.86. The monoisotopic (exact) mass is 350 g/mol. The number of anilines is 1. The predicted octanol–water partition coefficient (Wildman–Crippen LogP) is 3.05. The highest BCUT2D eigenvalue weighted by Gasteiger charge is 2.16. The van der Waals surface area contributed by atoms with Gasteiger partial charge in [-0.05, 0) is 36.8 Å². The Hall–Kier alpha value is -2.60. The maximum atomic E-state index is 13.6. The number of methoxy groups -OCH3 is 1. The van der Waals surface area contributed by atoms with Gasteiger partial charge in [-0.25, -0.2) is 4.39 Å². The lowest BCUT2D eigenvalue weighted by molar-refractivity contribution is -0.136. The molecule has 2 aromatic carbocycles. The summed E-state index contributed by atoms with van der Waals surface area (Å²) in [6.45, 7) is 1.82. The van der Waals surface area contributed by atoms with Gasteiger partial charge in [-0.3, -0.25) is 9.59 Å². The highest BCUT2D eigenvalue weighted by atomic mass is 35.5. The van der Waals surface area contributed by atoms with Crippen molar-refractivity contribution in [3.05, 3.63) is 58.4 Å². The van der Waals surface area contributed by atoms with Crippen LogP contribution in [0.5, 0.6) is 5.75 Å². The van der Waals surface area contributed by atoms with E-state index in [0.29, 0.717) is 16.3 Å². The third-order valence-electron chi connectivity index (χ3n) is 3.26. The van der Waals surface area contributed by atoms with Crippen LogP contribution in [0.1, 0.15) is 11.1 Å². The summed E-state index contributed by atoms with van der Waals surface area (Å²) < 4.78 is 18.8. The van der Waals surface area contributed by atoms with Gasteiger partial charge in [-0.2, -0.15) is 0 Å². The van der Waals surface area contributed by atoms with Gasteiger partial charge in [-0.15, -0.1) is 0 Å². The molecule has 126 valence electrons. The number of carbonyl (C=O) groups is 2. The largest absolute Gasteiger partial charge is 0.496 e. The first kappa shape index (κ1) is 17.7. The summed E-state index contributed by atoms with van der Waals surface area (Å²) in [4.78, 5) is 23.7. The minimum atomic E-state index is -0.951. The Labute approximate surface area is 143 Å². The SMILES string of the molecule is COc1cc(Cl)ccc1CNC(=O)C(=O)Nc1cc(C)ccc1F. The van der Waals surface area contributed by atoms with Crippen LogP contribution in [-0.4, -0.2) is 18.9 Å². The molecule has 0 aliphatic rings. The fraction of sp³-hybridized carbons (Fsp3) is 0.176. The fourth-order valence-corrected chi connectivity index (χ4v) is 2.20. The van der Waals surface area contributed by atoms with Crippen molar-refractivity contribution in [3.8, 4) is 5.75 Å². The number of halogens is 2. The van der Waals surface area contributed by atoms with Gasteiger partial charge in [0.05, 0.1) is 12.8 Å². The van der Waals surface area contributed by atoms with Gasteiger partial charge in [0.2, 0.25) is 0 Å². The van der Waals surface area contributed by atoms with E-state index in [1.54, 1.807) is 31.2 Å². The molecule has 2 aromatic rings. The van der Waals surface area contributed by atoms with Crippen molar-refractivity contribution in [2.45, 2.75) is 13.5 Å². The van der Waals surface area contributed by atoms with Crippen LogP contribution in [0, 0.1) is 12.7 Å². The topological polar surface area (TPSA) is 67.4 Å². The Kier molecular flexibility index (Phi) is 5.76. The molecular weight excluding hydrogens is 335 g/mol. The molecule has 2 N–H and O–H groups in total. The molecule has 2 amide bonds. The highest BCUT2D eigenvalue weighted by Crippen LogP contribution is 2.23. The maximum absolute atomic E-state index is 13.6. The first-order valence-electron chi connectivity index (χ1n) is 7.08. The average Bonchev–Trinajstić information content (AvgIpc) is 2.56. The van der Waals surface area contributed by atoms with E-state index < -0.39 is 17.6 Å². The van der Waals surface area contributed by atoms with E-state index in [-0.39, 0.29) is 12.2 Å². The summed E-state index contributed by atoms with van der Waals surface area (Å²) in [5, 5.41) is 5.19. The van der Waals surface area contributed by atoms with Crippen LogP contribution >= 0.6 is 11.6 Å². The molecule has 0 fully saturated rings. The van der Waals surface area contributed by atoms with Gasteiger partial charge >= 0.3 is 11.8 Å². The molecule has 0 unspecified atom stereocenters. The minimum absolute atomic E-state index is 0.0424. The van der Waals surface area contributed by atoms with Crippen molar-refractivity contribution in [3.63, 3.8) is 0 Å². The zero-order valence-electron chi connectivity index (χ0n) is 13.2. The standard InChI is InChI=1S/C17H16ClFN2O3/c1-10-3-6-13(19)14(7-10)21-17(23)16(22)20-9-11-4-5-12(18)8-15(11)24-2/h3-8H,9H2,1-2H3,(H,20,22)(H,21,23). The zero-order valence-corrected chi connectivity index (χ0v) is 13.9. The van der Waals surface area contributed by atoms with Crippen LogP contribution in [0.25, 0.3) is 0 Å². The molecule has 0 atom stereocenters. The molecule has 0 heterocycles. The van der Waals surface area contributed by atoms with Crippen molar-refractivity contribution < 1.29 is 18.7 Å². The first-order chi connectivity index (χ1) is 11.4. The molecule has 5 nitrogen and oxygen atoms in total. The van der Waals surface area contributed by atoms with Crippen molar-refractivity contribution in [2.75, 3.05) is 12.4 Å². The lowest BCUT2D eigenvalue weighted by Gasteiger charge is -2.11. The summed E-state index contributed by atoms with van der Waals surface area (Å²) in [6, 6.07) is 9.17. The van der Waals surface area contributed by atoms with Gasteiger partial charge < -0.3 is 15.4 Å². The summed E-state index contributed by atoms with van der Waals surface area (Å²) in [5.41, 5.74) is 1.38. The molecule has 24 heavy (non-hydrogen) atoms. The van der Waals surface area contributed by atoms with E-state index in [1.165, 1.54) is 19.2 Å². The fourth-order valence-electron chi connectivity index (χ4n) is 2.03. The van der Waals surface area contributed by atoms with E-state index >= 15 is 0 Å². The first-order valence-corrected chi connectivity index (χ1v) is 7.46. The van der Waals surface area contributed by atoms with Crippen LogP contribution in [0.2, 0.25) is 5.02 Å². The molecule has 0 aliphatic carbocycles. The van der Waals surface area contributed by atoms with Crippen LogP contribution < -0.4 is 15.4 Å². The number of nitrogens with one attached hydrogen (secondary N) is 2. The van der Waals surface area contributed by atoms with Gasteiger partial charge in [0.25, 0.3) is 0 Å². The number of amides is 2. The normalized spacial score (nSPS) is 10.2. The van der Waals surface area contributed by atoms with E-state index in [4.69, 9.17) is 16.3 Å². The molecule has 0 saturated carbocycles. The van der Waals surface area contributed by atoms with E-state index in [9.17, 15) is 14.0 Å². The van der Waals surface area contributed by atoms with Crippen molar-refractivity contribution in [1.82, 2.24) is 5.32 Å². The van der Waals surface area contributed by atoms with Gasteiger partial charge in [0.1, 0.15) is 11.6 Å². The molecule has 0 saturated heterocycles. The number of hydrogen-bond acceptors (Lipinski definition) is 3. The summed E-state index contributed by atoms with van der Waals surface area (Å²) in [5.74, 6) is -1.95. The quantitative estimate of drug-likeness (QED) is 0.833. The number of hydrogen-bond donors (Lipinski definition) is 2. The Bertz CT molecular complexity index is 780.